The van der Waals surface area contributed by atoms with Gasteiger partial charge in [0.15, 0.2) is 0 Å². The van der Waals surface area contributed by atoms with Crippen molar-refractivity contribution >= 4 is 28.2 Å². The van der Waals surface area contributed by atoms with E-state index in [0.717, 1.165) is 5.39 Å². The second-order valence-electron chi connectivity index (χ2n) is 5.42. The summed E-state index contributed by atoms with van der Waals surface area (Å²) in [5, 5.41) is 11.5. The van der Waals surface area contributed by atoms with Gasteiger partial charge in [-0.1, -0.05) is 18.2 Å². The zero-order valence-corrected chi connectivity index (χ0v) is 13.4. The third-order valence-corrected chi connectivity index (χ3v) is 3.92. The van der Waals surface area contributed by atoms with Gasteiger partial charge in [0, 0.05) is 29.9 Å². The summed E-state index contributed by atoms with van der Waals surface area (Å²) in [5.74, 6) is -0.455. The van der Waals surface area contributed by atoms with Gasteiger partial charge in [-0.15, -0.1) is 0 Å². The van der Waals surface area contributed by atoms with Gasteiger partial charge in [-0.3, -0.25) is 19.7 Å². The molecule has 0 saturated carbocycles. The molecule has 7 nitrogen and oxygen atoms in total. The normalized spacial score (nSPS) is 10.6. The number of H-pyrrole nitrogens is 1. The Morgan fingerprint density at radius 2 is 1.84 bits per heavy atom. The fourth-order valence-electron chi connectivity index (χ4n) is 2.65. The lowest BCUT2D eigenvalue weighted by atomic mass is 10.1. The van der Waals surface area contributed by atoms with Gasteiger partial charge in [-0.2, -0.15) is 0 Å². The molecule has 0 radical (unpaired) electrons. The van der Waals surface area contributed by atoms with Crippen molar-refractivity contribution in [1.82, 2.24) is 4.98 Å². The van der Waals surface area contributed by atoms with Crippen molar-refractivity contribution < 1.29 is 9.72 Å². The molecule has 1 amide bonds. The molecular formula is C18H15N3O4. The van der Waals surface area contributed by atoms with Crippen molar-refractivity contribution in [2.75, 3.05) is 11.4 Å². The monoisotopic (exact) mass is 337 g/mol. The number of nitrogens with one attached hydrogen (secondary N) is 1. The molecule has 0 fully saturated rings. The second-order valence-corrected chi connectivity index (χ2v) is 5.42. The van der Waals surface area contributed by atoms with Crippen LogP contribution in [0.15, 0.2) is 59.4 Å². The lowest BCUT2D eigenvalue weighted by molar-refractivity contribution is -0.384. The van der Waals surface area contributed by atoms with Crippen molar-refractivity contribution in [3.8, 4) is 0 Å². The highest BCUT2D eigenvalue weighted by molar-refractivity contribution is 6.07. The van der Waals surface area contributed by atoms with Crippen LogP contribution in [0.4, 0.5) is 11.4 Å². The Labute approximate surface area is 142 Å². The molecule has 1 N–H and O–H groups in total. The molecule has 25 heavy (non-hydrogen) atoms. The molecule has 0 atom stereocenters. The molecule has 126 valence electrons. The number of carbonyl (C=O) groups is 1. The number of anilines is 1. The molecule has 0 spiro atoms. The van der Waals surface area contributed by atoms with Crippen LogP contribution < -0.4 is 10.5 Å². The summed E-state index contributed by atoms with van der Waals surface area (Å²) in [6.45, 7) is 2.09. The van der Waals surface area contributed by atoms with Gasteiger partial charge in [0.05, 0.1) is 4.92 Å². The highest BCUT2D eigenvalue weighted by Gasteiger charge is 2.20. The van der Waals surface area contributed by atoms with E-state index in [4.69, 9.17) is 0 Å². The van der Waals surface area contributed by atoms with Crippen molar-refractivity contribution in [2.45, 2.75) is 6.92 Å². The first-order valence-corrected chi connectivity index (χ1v) is 7.69. The smallest absolute Gasteiger partial charge is 0.269 e. The van der Waals surface area contributed by atoms with Crippen LogP contribution in [-0.4, -0.2) is 22.4 Å². The van der Waals surface area contributed by atoms with Gasteiger partial charge >= 0.3 is 0 Å². The minimum atomic E-state index is -0.504. The number of fused-ring (bicyclic) bond motifs is 1. The maximum absolute atomic E-state index is 12.8. The number of nitrogens with zero attached hydrogens (tertiary/aromatic N) is 2. The number of hydrogen-bond acceptors (Lipinski definition) is 4. The number of aromatic nitrogens is 1. The van der Waals surface area contributed by atoms with Crippen LogP contribution in [0.25, 0.3) is 10.9 Å². The van der Waals surface area contributed by atoms with E-state index in [-0.39, 0.29) is 11.3 Å². The zero-order valence-electron chi connectivity index (χ0n) is 13.4. The minimum absolute atomic E-state index is 0.0268. The fourth-order valence-corrected chi connectivity index (χ4v) is 2.65. The molecule has 3 aromatic rings. The summed E-state index contributed by atoms with van der Waals surface area (Å²) in [5.41, 5.74) is 0.645. The third-order valence-electron chi connectivity index (χ3n) is 3.92. The van der Waals surface area contributed by atoms with E-state index in [1.54, 1.807) is 25.1 Å². The summed E-state index contributed by atoms with van der Waals surface area (Å²) in [4.78, 5) is 39.5. The number of nitro groups is 1. The number of non-ortho nitro benzene ring substituents is 1. The summed E-state index contributed by atoms with van der Waals surface area (Å²) in [6.07, 6.45) is 0. The van der Waals surface area contributed by atoms with E-state index in [1.165, 1.54) is 29.2 Å². The lowest BCUT2D eigenvalue weighted by Gasteiger charge is -2.20. The number of amides is 1. The van der Waals surface area contributed by atoms with Crippen molar-refractivity contribution in [1.29, 1.82) is 0 Å². The van der Waals surface area contributed by atoms with Gasteiger partial charge in [-0.05, 0) is 36.6 Å². The Kier molecular flexibility index (Phi) is 4.30. The molecule has 0 bridgehead atoms. The van der Waals surface area contributed by atoms with E-state index in [1.807, 2.05) is 12.1 Å². The lowest BCUT2D eigenvalue weighted by Crippen LogP contribution is -2.34. The molecular weight excluding hydrogens is 322 g/mol. The average molecular weight is 337 g/mol. The first-order chi connectivity index (χ1) is 12.0. The van der Waals surface area contributed by atoms with Crippen LogP contribution in [0.3, 0.4) is 0 Å². The minimum Gasteiger partial charge on any atom is -0.321 e. The number of rotatable bonds is 4. The number of nitro benzene ring substituents is 1. The highest BCUT2D eigenvalue weighted by Crippen LogP contribution is 2.21. The van der Waals surface area contributed by atoms with Gasteiger partial charge in [0.1, 0.15) is 5.56 Å². The molecule has 2 aromatic carbocycles. The van der Waals surface area contributed by atoms with Gasteiger partial charge in [-0.25, -0.2) is 0 Å². The van der Waals surface area contributed by atoms with E-state index in [2.05, 4.69) is 4.98 Å². The van der Waals surface area contributed by atoms with Crippen molar-refractivity contribution in [3.05, 3.63) is 80.6 Å². The zero-order chi connectivity index (χ0) is 18.0. The Hall–Kier alpha value is -3.48. The molecule has 1 aromatic heterocycles. The number of hydrogen-bond donors (Lipinski definition) is 1. The van der Waals surface area contributed by atoms with Crippen molar-refractivity contribution in [3.63, 3.8) is 0 Å². The second kappa shape index (κ2) is 6.56. The van der Waals surface area contributed by atoms with Crippen LogP contribution in [0.5, 0.6) is 0 Å². The van der Waals surface area contributed by atoms with Crippen LogP contribution in [0, 0.1) is 10.1 Å². The van der Waals surface area contributed by atoms with Crippen molar-refractivity contribution in [2.24, 2.45) is 0 Å². The van der Waals surface area contributed by atoms with Gasteiger partial charge in [0.2, 0.25) is 0 Å². The van der Waals surface area contributed by atoms with E-state index < -0.39 is 16.4 Å². The summed E-state index contributed by atoms with van der Waals surface area (Å²) < 4.78 is 0. The Morgan fingerprint density at radius 1 is 1.16 bits per heavy atom. The predicted octanol–water partition coefficient (Wildman–Crippen LogP) is 3.10. The highest BCUT2D eigenvalue weighted by atomic mass is 16.6. The maximum Gasteiger partial charge on any atom is 0.269 e. The number of para-hydroxylation sites is 1. The quantitative estimate of drug-likeness (QED) is 0.584. The van der Waals surface area contributed by atoms with Crippen LogP contribution in [0.2, 0.25) is 0 Å². The topological polar surface area (TPSA) is 96.3 Å². The molecule has 0 aliphatic heterocycles. The van der Waals surface area contributed by atoms with E-state index >= 15 is 0 Å². The summed E-state index contributed by atoms with van der Waals surface area (Å²) in [7, 11) is 0. The Bertz CT molecular complexity index is 1010. The number of carbonyl (C=O) groups excluding carboxylic acids is 1. The first-order valence-electron chi connectivity index (χ1n) is 7.69. The van der Waals surface area contributed by atoms with Gasteiger partial charge < -0.3 is 9.88 Å². The molecule has 3 rings (SSSR count). The molecule has 1 heterocycles. The molecule has 0 saturated heterocycles. The van der Waals surface area contributed by atoms with Gasteiger partial charge in [0.25, 0.3) is 17.2 Å². The average Bonchev–Trinajstić information content (AvgIpc) is 2.62. The molecule has 7 heteroatoms. The maximum atomic E-state index is 12.8. The first kappa shape index (κ1) is 16.4. The predicted molar refractivity (Wildman–Crippen MR) is 95.0 cm³/mol. The SMILES string of the molecule is CCN(C(=O)c1cc2ccccc2[nH]c1=O)c1ccc([N+](=O)[O-])cc1. The molecule has 0 aliphatic rings. The number of aromatic amines is 1. The van der Waals surface area contributed by atoms with Crippen LogP contribution in [-0.2, 0) is 0 Å². The van der Waals surface area contributed by atoms with Crippen LogP contribution >= 0.6 is 0 Å². The fraction of sp³-hybridized carbons (Fsp3) is 0.111. The van der Waals surface area contributed by atoms with E-state index in [9.17, 15) is 19.7 Å². The summed E-state index contributed by atoms with van der Waals surface area (Å²) in [6, 6.07) is 14.4. The third kappa shape index (κ3) is 3.12. The Balaban J connectivity index is 2.01. The van der Waals surface area contributed by atoms with E-state index in [0.29, 0.717) is 17.7 Å². The number of pyridine rings is 1. The Morgan fingerprint density at radius 3 is 2.48 bits per heavy atom. The molecule has 0 unspecified atom stereocenters. The standard InChI is InChI=1S/C18H15N3O4/c1-2-20(13-7-9-14(10-8-13)21(24)25)18(23)15-11-12-5-3-4-6-16(12)19-17(15)22/h3-11H,2H2,1H3,(H,19,22). The van der Waals surface area contributed by atoms with Crippen LogP contribution in [0.1, 0.15) is 17.3 Å². The largest absolute Gasteiger partial charge is 0.321 e. The number of benzene rings is 2. The summed E-state index contributed by atoms with van der Waals surface area (Å²) >= 11 is 0. The molecule has 0 aliphatic carbocycles.